The topological polar surface area (TPSA) is 86.8 Å². The zero-order chi connectivity index (χ0) is 24.7. The molecular weight excluding hydrogens is 440 g/mol. The number of ether oxygens (including phenoxy) is 5. The Morgan fingerprint density at radius 3 is 2.15 bits per heavy atom. The molecule has 9 nitrogen and oxygen atoms in total. The van der Waals surface area contributed by atoms with Gasteiger partial charge in [-0.3, -0.25) is 14.6 Å². The molecule has 1 aliphatic rings. The van der Waals surface area contributed by atoms with Crippen LogP contribution in [0.25, 0.3) is 6.08 Å². The molecule has 0 bridgehead atoms. The smallest absolute Gasteiger partial charge is 0.265 e. The summed E-state index contributed by atoms with van der Waals surface area (Å²) in [5, 5.41) is 2.93. The van der Waals surface area contributed by atoms with Crippen molar-refractivity contribution in [2.75, 3.05) is 48.6 Å². The highest BCUT2D eigenvalue weighted by atomic mass is 16.5. The highest BCUT2D eigenvalue weighted by molar-refractivity contribution is 5.94. The zero-order valence-corrected chi connectivity index (χ0v) is 20.1. The fraction of sp³-hybridized carbons (Fsp3) is 0.360. The van der Waals surface area contributed by atoms with Crippen LogP contribution in [0.2, 0.25) is 0 Å². The van der Waals surface area contributed by atoms with E-state index in [0.29, 0.717) is 59.4 Å². The van der Waals surface area contributed by atoms with E-state index in [-0.39, 0.29) is 18.2 Å². The summed E-state index contributed by atoms with van der Waals surface area (Å²) in [4.78, 5) is 26.1. The van der Waals surface area contributed by atoms with Crippen molar-refractivity contribution in [3.63, 3.8) is 0 Å². The van der Waals surface area contributed by atoms with Gasteiger partial charge in [0.15, 0.2) is 11.5 Å². The van der Waals surface area contributed by atoms with Crippen LogP contribution in [0.3, 0.4) is 0 Å². The van der Waals surface area contributed by atoms with Crippen molar-refractivity contribution in [1.29, 1.82) is 0 Å². The quantitative estimate of drug-likeness (QED) is 0.521. The lowest BCUT2D eigenvalue weighted by atomic mass is 10.1. The van der Waals surface area contributed by atoms with Gasteiger partial charge in [-0.1, -0.05) is 6.07 Å². The Kier molecular flexibility index (Phi) is 8.24. The zero-order valence-electron chi connectivity index (χ0n) is 20.1. The second-order valence-corrected chi connectivity index (χ2v) is 7.44. The fourth-order valence-electron chi connectivity index (χ4n) is 3.87. The molecule has 1 saturated heterocycles. The number of carbonyl (C=O) groups is 2. The van der Waals surface area contributed by atoms with Crippen LogP contribution in [0.15, 0.2) is 36.4 Å². The molecule has 1 aliphatic heterocycles. The highest BCUT2D eigenvalue weighted by Crippen LogP contribution is 2.40. The van der Waals surface area contributed by atoms with E-state index in [2.05, 4.69) is 0 Å². The Hall–Kier alpha value is -3.88. The number of carbonyl (C=O) groups excluding carboxylic acids is 2. The largest absolute Gasteiger partial charge is 0.497 e. The molecule has 0 radical (unpaired) electrons. The molecule has 0 aliphatic carbocycles. The monoisotopic (exact) mass is 470 g/mol. The molecule has 182 valence electrons. The normalized spacial score (nSPS) is 13.2. The molecule has 9 heteroatoms. The number of amides is 2. The summed E-state index contributed by atoms with van der Waals surface area (Å²) in [6, 6.07) is 8.81. The number of benzene rings is 2. The molecule has 0 N–H and O–H groups in total. The maximum absolute atomic E-state index is 13.2. The molecule has 3 rings (SSSR count). The lowest BCUT2D eigenvalue weighted by Crippen LogP contribution is -2.44. The first-order valence-corrected chi connectivity index (χ1v) is 10.8. The average Bonchev–Trinajstić information content (AvgIpc) is 3.37. The van der Waals surface area contributed by atoms with Gasteiger partial charge in [0.25, 0.3) is 5.91 Å². The van der Waals surface area contributed by atoms with Crippen LogP contribution in [0, 0.1) is 0 Å². The van der Waals surface area contributed by atoms with Gasteiger partial charge in [-0.05, 0) is 36.8 Å². The van der Waals surface area contributed by atoms with Crippen LogP contribution >= 0.6 is 0 Å². The summed E-state index contributed by atoms with van der Waals surface area (Å²) in [6.07, 6.45) is 3.82. The van der Waals surface area contributed by atoms with Gasteiger partial charge in [0, 0.05) is 30.3 Å². The van der Waals surface area contributed by atoms with E-state index in [9.17, 15) is 9.59 Å². The van der Waals surface area contributed by atoms with Gasteiger partial charge in [0.1, 0.15) is 11.5 Å². The van der Waals surface area contributed by atoms with E-state index in [1.165, 1.54) is 37.4 Å². The van der Waals surface area contributed by atoms with Gasteiger partial charge >= 0.3 is 0 Å². The minimum atomic E-state index is -0.296. The molecule has 2 aromatic rings. The predicted octanol–water partition coefficient (Wildman–Crippen LogP) is 2.96. The Balaban J connectivity index is 1.77. The Morgan fingerprint density at radius 2 is 1.50 bits per heavy atom. The molecular formula is C25H30N2O7. The van der Waals surface area contributed by atoms with E-state index in [4.69, 9.17) is 23.7 Å². The molecule has 0 spiro atoms. The lowest BCUT2D eigenvalue weighted by molar-refractivity contribution is -0.154. The van der Waals surface area contributed by atoms with E-state index < -0.39 is 0 Å². The first-order chi connectivity index (χ1) is 16.5. The summed E-state index contributed by atoms with van der Waals surface area (Å²) in [6.45, 7) is 0.906. The summed E-state index contributed by atoms with van der Waals surface area (Å²) in [5.74, 6) is 2.09. The summed E-state index contributed by atoms with van der Waals surface area (Å²) in [5.41, 5.74) is 1.34. The fourth-order valence-corrected chi connectivity index (χ4v) is 3.87. The molecule has 2 aromatic carbocycles. The minimum Gasteiger partial charge on any atom is -0.497 e. The summed E-state index contributed by atoms with van der Waals surface area (Å²) < 4.78 is 26.8. The predicted molar refractivity (Wildman–Crippen MR) is 126 cm³/mol. The first-order valence-electron chi connectivity index (χ1n) is 10.8. The Bertz CT molecular complexity index is 1070. The van der Waals surface area contributed by atoms with Crippen molar-refractivity contribution >= 4 is 17.9 Å². The van der Waals surface area contributed by atoms with Crippen molar-refractivity contribution in [3.05, 3.63) is 47.5 Å². The molecule has 1 heterocycles. The van der Waals surface area contributed by atoms with Crippen molar-refractivity contribution in [2.45, 2.75) is 12.8 Å². The number of hydrazine groups is 1. The van der Waals surface area contributed by atoms with Crippen molar-refractivity contribution in [1.82, 2.24) is 10.0 Å². The number of hydrogen-bond donors (Lipinski definition) is 0. The number of hydrogen-bond acceptors (Lipinski definition) is 7. The molecule has 0 atom stereocenters. The maximum Gasteiger partial charge on any atom is 0.265 e. The minimum absolute atomic E-state index is 0.0424. The highest BCUT2D eigenvalue weighted by Gasteiger charge is 2.30. The van der Waals surface area contributed by atoms with E-state index in [0.717, 1.165) is 0 Å². The summed E-state index contributed by atoms with van der Waals surface area (Å²) in [7, 11) is 7.68. The number of methoxy groups -OCH3 is 5. The third-order valence-corrected chi connectivity index (χ3v) is 5.54. The molecule has 2 amide bonds. The van der Waals surface area contributed by atoms with Gasteiger partial charge in [0.05, 0.1) is 42.0 Å². The van der Waals surface area contributed by atoms with Crippen molar-refractivity contribution in [3.8, 4) is 28.7 Å². The molecule has 1 fully saturated rings. The van der Waals surface area contributed by atoms with Gasteiger partial charge in [-0.25, -0.2) is 5.01 Å². The van der Waals surface area contributed by atoms with E-state index in [1.807, 2.05) is 0 Å². The van der Waals surface area contributed by atoms with E-state index >= 15 is 0 Å². The van der Waals surface area contributed by atoms with Crippen LogP contribution in [-0.2, 0) is 16.0 Å². The average molecular weight is 471 g/mol. The second kappa shape index (κ2) is 11.3. The van der Waals surface area contributed by atoms with Crippen molar-refractivity contribution < 1.29 is 33.3 Å². The second-order valence-electron chi connectivity index (χ2n) is 7.44. The van der Waals surface area contributed by atoms with Gasteiger partial charge in [-0.15, -0.1) is 0 Å². The van der Waals surface area contributed by atoms with Crippen LogP contribution in [-0.4, -0.2) is 70.5 Å². The van der Waals surface area contributed by atoms with Crippen LogP contribution in [0.1, 0.15) is 17.5 Å². The summed E-state index contributed by atoms with van der Waals surface area (Å²) >= 11 is 0. The molecule has 34 heavy (non-hydrogen) atoms. The number of nitrogens with zero attached hydrogens (tertiary/aromatic N) is 2. The Labute approximate surface area is 199 Å². The SMILES string of the molecule is COc1ccc(OC)c(/C=C/C(=O)N2CCCN2C(=O)Cc2ccc(OC)c(OC)c2OC)c1. The van der Waals surface area contributed by atoms with Gasteiger partial charge in [-0.2, -0.15) is 0 Å². The van der Waals surface area contributed by atoms with Crippen LogP contribution < -0.4 is 23.7 Å². The Morgan fingerprint density at radius 1 is 0.824 bits per heavy atom. The maximum atomic E-state index is 13.2. The molecule has 0 saturated carbocycles. The number of rotatable bonds is 9. The van der Waals surface area contributed by atoms with Crippen LogP contribution in [0.4, 0.5) is 0 Å². The molecule has 0 unspecified atom stereocenters. The third-order valence-electron chi connectivity index (χ3n) is 5.54. The van der Waals surface area contributed by atoms with E-state index in [1.54, 1.807) is 50.6 Å². The van der Waals surface area contributed by atoms with Crippen LogP contribution in [0.5, 0.6) is 28.7 Å². The lowest BCUT2D eigenvalue weighted by Gasteiger charge is -2.27. The third kappa shape index (κ3) is 5.19. The van der Waals surface area contributed by atoms with Gasteiger partial charge < -0.3 is 23.7 Å². The van der Waals surface area contributed by atoms with Gasteiger partial charge in [0.2, 0.25) is 11.7 Å². The molecule has 0 aromatic heterocycles. The van der Waals surface area contributed by atoms with Crippen molar-refractivity contribution in [2.24, 2.45) is 0 Å². The first kappa shape index (κ1) is 24.8. The standard InChI is InChI=1S/C25H30N2O7/c1-30-19-9-11-20(31-2)17(15-19)8-12-22(28)26-13-6-14-27(26)23(29)16-18-7-10-21(32-3)25(34-5)24(18)33-4/h7-12,15H,6,13-14,16H2,1-5H3/b12-8+.